The number of ether oxygens (including phenoxy) is 1. The van der Waals surface area contributed by atoms with Crippen molar-refractivity contribution in [2.75, 3.05) is 7.11 Å². The van der Waals surface area contributed by atoms with E-state index in [4.69, 9.17) is 11.6 Å². The number of hydrogen-bond acceptors (Lipinski definition) is 8. The minimum Gasteiger partial charge on any atom is -0.468 e. The topological polar surface area (TPSA) is 133 Å². The fourth-order valence-electron chi connectivity index (χ4n) is 1.56. The molecule has 14 heteroatoms. The molecular formula is C9H7ClF3NO8S. The van der Waals surface area contributed by atoms with E-state index in [1.165, 1.54) is 0 Å². The van der Waals surface area contributed by atoms with E-state index in [0.717, 1.165) is 7.11 Å². The van der Waals surface area contributed by atoms with E-state index in [9.17, 15) is 41.6 Å². The number of hydrogen-bond donors (Lipinski definition) is 1. The molecule has 0 radical (unpaired) electrons. The quantitative estimate of drug-likeness (QED) is 0.187. The van der Waals surface area contributed by atoms with Crippen LogP contribution in [0, 0.1) is 16.0 Å². The molecule has 0 aromatic heterocycles. The summed E-state index contributed by atoms with van der Waals surface area (Å²) in [5.74, 6) is -7.65. The molecule has 0 aromatic rings. The summed E-state index contributed by atoms with van der Waals surface area (Å²) in [6.45, 7) is 0. The lowest BCUT2D eigenvalue weighted by Gasteiger charge is -2.31. The zero-order chi connectivity index (χ0) is 18.2. The maximum absolute atomic E-state index is 12.4. The van der Waals surface area contributed by atoms with Crippen LogP contribution in [-0.2, 0) is 23.8 Å². The molecule has 23 heavy (non-hydrogen) atoms. The summed E-state index contributed by atoms with van der Waals surface area (Å²) in [5.41, 5.74) is -7.59. The number of carbonyl (C=O) groups excluding carboxylic acids is 1. The third-order valence-corrected chi connectivity index (χ3v) is 3.84. The summed E-state index contributed by atoms with van der Waals surface area (Å²) < 4.78 is 67.1. The zero-order valence-corrected chi connectivity index (χ0v) is 12.5. The van der Waals surface area contributed by atoms with Crippen molar-refractivity contribution in [1.29, 1.82) is 0 Å². The van der Waals surface area contributed by atoms with Crippen LogP contribution in [0.4, 0.5) is 13.2 Å². The molecule has 2 atom stereocenters. The van der Waals surface area contributed by atoms with Crippen LogP contribution >= 0.6 is 11.6 Å². The molecule has 2 unspecified atom stereocenters. The van der Waals surface area contributed by atoms with Gasteiger partial charge in [0.1, 0.15) is 5.92 Å². The highest BCUT2D eigenvalue weighted by Gasteiger charge is 2.61. The molecule has 0 spiro atoms. The van der Waals surface area contributed by atoms with Gasteiger partial charge in [0.2, 0.25) is 0 Å². The monoisotopic (exact) mass is 381 g/mol. The van der Waals surface area contributed by atoms with Crippen LogP contribution < -0.4 is 0 Å². The van der Waals surface area contributed by atoms with Crippen molar-refractivity contribution in [2.45, 2.75) is 11.3 Å². The lowest BCUT2D eigenvalue weighted by Crippen LogP contribution is -2.52. The lowest BCUT2D eigenvalue weighted by molar-refractivity contribution is -0.460. The van der Waals surface area contributed by atoms with Gasteiger partial charge in [-0.3, -0.25) is 14.9 Å². The number of nitro groups is 1. The van der Waals surface area contributed by atoms with Crippen molar-refractivity contribution in [2.24, 2.45) is 5.92 Å². The van der Waals surface area contributed by atoms with E-state index in [-0.39, 0.29) is 0 Å². The van der Waals surface area contributed by atoms with Gasteiger partial charge in [0, 0.05) is 11.1 Å². The SMILES string of the molecule is COC(=O)C1C=C(Cl)C=C([N+](=O)[O-])C1(O)OS(=O)(=O)C(F)(F)F. The largest absolute Gasteiger partial charge is 0.523 e. The first kappa shape index (κ1) is 19.3. The van der Waals surface area contributed by atoms with Crippen LogP contribution in [0.25, 0.3) is 0 Å². The Morgan fingerprint density at radius 3 is 2.43 bits per heavy atom. The van der Waals surface area contributed by atoms with E-state index in [1.807, 2.05) is 0 Å². The molecule has 0 aliphatic heterocycles. The van der Waals surface area contributed by atoms with Gasteiger partial charge in [-0.05, 0) is 6.08 Å². The fourth-order valence-corrected chi connectivity index (χ4v) is 2.41. The van der Waals surface area contributed by atoms with Crippen molar-refractivity contribution < 1.29 is 45.3 Å². The maximum atomic E-state index is 12.4. The van der Waals surface area contributed by atoms with Crippen LogP contribution in [0.1, 0.15) is 0 Å². The van der Waals surface area contributed by atoms with E-state index in [1.54, 1.807) is 0 Å². The second-order valence-electron chi connectivity index (χ2n) is 4.02. The molecule has 0 bridgehead atoms. The third kappa shape index (κ3) is 3.63. The molecule has 130 valence electrons. The van der Waals surface area contributed by atoms with Crippen LogP contribution in [0.5, 0.6) is 0 Å². The second-order valence-corrected chi connectivity index (χ2v) is 5.99. The van der Waals surface area contributed by atoms with Crippen LogP contribution in [-0.4, -0.2) is 42.8 Å². The second kappa shape index (κ2) is 6.07. The molecule has 1 aliphatic carbocycles. The van der Waals surface area contributed by atoms with Gasteiger partial charge in [-0.2, -0.15) is 21.6 Å². The van der Waals surface area contributed by atoms with E-state index >= 15 is 0 Å². The van der Waals surface area contributed by atoms with Gasteiger partial charge in [0.25, 0.3) is 5.79 Å². The average molecular weight is 382 g/mol. The summed E-state index contributed by atoms with van der Waals surface area (Å²) in [7, 11) is -5.75. The molecule has 0 aromatic carbocycles. The predicted octanol–water partition coefficient (Wildman–Crippen LogP) is 0.627. The highest BCUT2D eigenvalue weighted by molar-refractivity contribution is 7.87. The minimum absolute atomic E-state index is 0.340. The summed E-state index contributed by atoms with van der Waals surface area (Å²) >= 11 is 5.47. The highest BCUT2D eigenvalue weighted by Crippen LogP contribution is 2.40. The number of allylic oxidation sites excluding steroid dienone is 2. The Bertz CT molecular complexity index is 700. The van der Waals surface area contributed by atoms with Crippen molar-refractivity contribution in [1.82, 2.24) is 0 Å². The first-order valence-electron chi connectivity index (χ1n) is 5.32. The highest BCUT2D eigenvalue weighted by atomic mass is 35.5. The Hall–Kier alpha value is -1.70. The van der Waals surface area contributed by atoms with Crippen LogP contribution in [0.2, 0.25) is 0 Å². The molecule has 9 nitrogen and oxygen atoms in total. The van der Waals surface area contributed by atoms with Gasteiger partial charge in [0.15, 0.2) is 0 Å². The van der Waals surface area contributed by atoms with Gasteiger partial charge in [0.05, 0.1) is 12.0 Å². The molecule has 0 fully saturated rings. The first-order valence-corrected chi connectivity index (χ1v) is 7.11. The van der Waals surface area contributed by atoms with Crippen molar-refractivity contribution >= 4 is 27.7 Å². The smallest absolute Gasteiger partial charge is 0.468 e. The molecular weight excluding hydrogens is 375 g/mol. The number of rotatable bonds is 4. The normalized spacial score (nSPS) is 25.4. The third-order valence-electron chi connectivity index (χ3n) is 2.56. The van der Waals surface area contributed by atoms with Gasteiger partial charge in [-0.15, -0.1) is 0 Å². The number of aliphatic hydroxyl groups is 1. The minimum atomic E-state index is -6.49. The van der Waals surface area contributed by atoms with Crippen molar-refractivity contribution in [3.8, 4) is 0 Å². The number of carbonyl (C=O) groups is 1. The molecule has 1 N–H and O–H groups in total. The number of alkyl halides is 3. The standard InChI is InChI=1S/C9H7ClF3NO8S/c1-21-7(15)5-2-4(10)3-6(14(17)18)8(5,16)22-23(19,20)9(11,12)13/h2-3,5,16H,1H3. The Balaban J connectivity index is 3.53. The molecule has 1 rings (SSSR count). The van der Waals surface area contributed by atoms with Crippen LogP contribution in [0.15, 0.2) is 22.9 Å². The van der Waals surface area contributed by atoms with Gasteiger partial charge in [-0.25, -0.2) is 4.18 Å². The first-order chi connectivity index (χ1) is 10.3. The predicted molar refractivity (Wildman–Crippen MR) is 65.5 cm³/mol. The molecule has 0 saturated carbocycles. The van der Waals surface area contributed by atoms with Gasteiger partial charge < -0.3 is 9.84 Å². The van der Waals surface area contributed by atoms with Crippen molar-refractivity contribution in [3.05, 3.63) is 33.0 Å². The Morgan fingerprint density at radius 1 is 1.52 bits per heavy atom. The molecule has 0 heterocycles. The van der Waals surface area contributed by atoms with Crippen molar-refractivity contribution in [3.63, 3.8) is 0 Å². The van der Waals surface area contributed by atoms with Gasteiger partial charge in [-0.1, -0.05) is 11.6 Å². The van der Waals surface area contributed by atoms with Gasteiger partial charge >= 0.3 is 27.3 Å². The van der Waals surface area contributed by atoms with E-state index in [2.05, 4.69) is 8.92 Å². The summed E-state index contributed by atoms with van der Waals surface area (Å²) in [6, 6.07) is 0. The Kier molecular flexibility index (Phi) is 5.10. The Morgan fingerprint density at radius 2 is 2.04 bits per heavy atom. The van der Waals surface area contributed by atoms with Crippen LogP contribution in [0.3, 0.4) is 0 Å². The summed E-state index contributed by atoms with van der Waals surface area (Å²) in [5, 5.41) is 20.4. The summed E-state index contributed by atoms with van der Waals surface area (Å²) in [6.07, 6.45) is 0.888. The van der Waals surface area contributed by atoms with E-state index in [0.29, 0.717) is 12.2 Å². The molecule has 1 aliphatic rings. The maximum Gasteiger partial charge on any atom is 0.523 e. The zero-order valence-electron chi connectivity index (χ0n) is 10.9. The molecule has 0 saturated heterocycles. The fraction of sp³-hybridized carbons (Fsp3) is 0.444. The Labute approximate surface area is 131 Å². The number of methoxy groups -OCH3 is 1. The summed E-state index contributed by atoms with van der Waals surface area (Å²) in [4.78, 5) is 21.0. The number of halogens is 4. The van der Waals surface area contributed by atoms with E-state index < -0.39 is 49.0 Å². The molecule has 0 amide bonds. The number of nitrogens with zero attached hydrogens (tertiary/aromatic N) is 1. The average Bonchev–Trinajstić information content (AvgIpc) is 2.38. The lowest BCUT2D eigenvalue weighted by atomic mass is 9.91. The number of esters is 1.